The molecule has 4 atom stereocenters. The van der Waals surface area contributed by atoms with Crippen LogP contribution in [-0.2, 0) is 23.8 Å². The lowest BCUT2D eigenvalue weighted by Crippen LogP contribution is -2.53. The highest BCUT2D eigenvalue weighted by molar-refractivity contribution is 5.95. The first-order valence-electron chi connectivity index (χ1n) is 11.3. The lowest BCUT2D eigenvalue weighted by atomic mass is 10.1. The molecule has 2 amide bonds. The average molecular weight is 504 g/mol. The molecule has 1 saturated carbocycles. The monoisotopic (exact) mass is 503 g/mol. The van der Waals surface area contributed by atoms with Gasteiger partial charge in [0.05, 0.1) is 24.1 Å². The zero-order valence-electron chi connectivity index (χ0n) is 20.5. The maximum Gasteiger partial charge on any atom is 0.411 e. The first-order valence-corrected chi connectivity index (χ1v) is 11.3. The topological polar surface area (TPSA) is 154 Å². The van der Waals surface area contributed by atoms with Crippen LogP contribution in [0.25, 0.3) is 0 Å². The van der Waals surface area contributed by atoms with E-state index in [4.69, 9.17) is 14.2 Å². The van der Waals surface area contributed by atoms with Crippen molar-refractivity contribution in [2.75, 3.05) is 13.7 Å². The number of carbonyl (C=O) groups excluding carboxylic acids is 4. The Hall–Kier alpha value is -3.96. The number of nitrogens with one attached hydrogen (secondary N) is 1. The van der Waals surface area contributed by atoms with E-state index in [2.05, 4.69) is 11.9 Å². The molecule has 2 aliphatic rings. The number of non-ortho nitro benzene ring substituents is 1. The van der Waals surface area contributed by atoms with Crippen LogP contribution in [0.3, 0.4) is 0 Å². The predicted octanol–water partition coefficient (Wildman–Crippen LogP) is 2.36. The highest BCUT2D eigenvalue weighted by Gasteiger charge is 2.62. The van der Waals surface area contributed by atoms with Gasteiger partial charge in [-0.25, -0.2) is 14.4 Å². The molecule has 3 unspecified atom stereocenters. The number of carbonyl (C=O) groups is 4. The van der Waals surface area contributed by atoms with Crippen LogP contribution in [-0.4, -0.2) is 70.7 Å². The second-order valence-corrected chi connectivity index (χ2v) is 9.71. The van der Waals surface area contributed by atoms with Crippen LogP contribution in [0.15, 0.2) is 36.9 Å². The standard InChI is InChI=1S/C24H29N3O9/c1-6-15-12-24(15,21(30)34-5)25-19(28)18-11-17(13-26(18)22(31)36-23(2,3)4)35-20(29)14-7-9-16(10-8-14)27(32)33/h6-10,15,17-18H,1,11-13H2,2-5H3,(H,25,28)/t15?,17?,18?,24-/m1/s1. The third-order valence-corrected chi connectivity index (χ3v) is 5.98. The molecule has 194 valence electrons. The van der Waals surface area contributed by atoms with Crippen molar-refractivity contribution < 1.29 is 38.3 Å². The summed E-state index contributed by atoms with van der Waals surface area (Å²) in [6, 6.07) is 3.78. The first kappa shape index (κ1) is 26.6. The number of nitro benzene ring substituents is 1. The maximum atomic E-state index is 13.3. The fourth-order valence-corrected chi connectivity index (χ4v) is 4.08. The number of rotatable bonds is 7. The van der Waals surface area contributed by atoms with E-state index in [9.17, 15) is 29.3 Å². The molecule has 12 nitrogen and oxygen atoms in total. The number of amides is 2. The van der Waals surface area contributed by atoms with E-state index < -0.39 is 52.1 Å². The molecule has 12 heteroatoms. The molecule has 2 fully saturated rings. The van der Waals surface area contributed by atoms with Gasteiger partial charge in [0.2, 0.25) is 5.91 Å². The molecule has 3 rings (SSSR count). The van der Waals surface area contributed by atoms with Crippen molar-refractivity contribution in [2.45, 2.75) is 56.9 Å². The number of ether oxygens (including phenoxy) is 3. The van der Waals surface area contributed by atoms with Crippen molar-refractivity contribution in [1.29, 1.82) is 0 Å². The molecule has 1 aromatic carbocycles. The summed E-state index contributed by atoms with van der Waals surface area (Å²) in [5, 5.41) is 13.5. The molecule has 1 N–H and O–H groups in total. The number of nitrogens with zero attached hydrogens (tertiary/aromatic N) is 2. The van der Waals surface area contributed by atoms with Gasteiger partial charge in [0, 0.05) is 24.5 Å². The molecular formula is C24H29N3O9. The Morgan fingerprint density at radius 3 is 2.36 bits per heavy atom. The minimum atomic E-state index is -1.26. The van der Waals surface area contributed by atoms with Gasteiger partial charge in [-0.2, -0.15) is 0 Å². The molecule has 1 heterocycles. The second-order valence-electron chi connectivity index (χ2n) is 9.71. The van der Waals surface area contributed by atoms with Crippen LogP contribution in [0.4, 0.5) is 10.5 Å². The zero-order valence-corrected chi connectivity index (χ0v) is 20.5. The van der Waals surface area contributed by atoms with E-state index >= 15 is 0 Å². The quantitative estimate of drug-likeness (QED) is 0.194. The largest absolute Gasteiger partial charge is 0.467 e. The molecule has 36 heavy (non-hydrogen) atoms. The van der Waals surface area contributed by atoms with Gasteiger partial charge in [-0.15, -0.1) is 6.58 Å². The van der Waals surface area contributed by atoms with Crippen LogP contribution in [0.5, 0.6) is 0 Å². The van der Waals surface area contributed by atoms with E-state index in [1.165, 1.54) is 31.4 Å². The minimum Gasteiger partial charge on any atom is -0.467 e. The SMILES string of the molecule is C=CC1C[C@]1(NC(=O)C1CC(OC(=O)c2ccc([N+](=O)[O-])cc2)CN1C(=O)OC(C)(C)C)C(=O)OC. The lowest BCUT2D eigenvalue weighted by molar-refractivity contribution is -0.384. The number of hydrogen-bond acceptors (Lipinski definition) is 9. The molecule has 1 saturated heterocycles. The molecule has 0 radical (unpaired) electrons. The lowest BCUT2D eigenvalue weighted by Gasteiger charge is -2.28. The van der Waals surface area contributed by atoms with Gasteiger partial charge in [-0.1, -0.05) is 6.08 Å². The summed E-state index contributed by atoms with van der Waals surface area (Å²) in [4.78, 5) is 62.5. The fraction of sp³-hybridized carbons (Fsp3) is 0.500. The van der Waals surface area contributed by atoms with Crippen LogP contribution >= 0.6 is 0 Å². The summed E-state index contributed by atoms with van der Waals surface area (Å²) in [6.45, 7) is 8.57. The summed E-state index contributed by atoms with van der Waals surface area (Å²) in [5.41, 5.74) is -2.21. The third kappa shape index (κ3) is 5.64. The Morgan fingerprint density at radius 2 is 1.86 bits per heavy atom. The van der Waals surface area contributed by atoms with E-state index in [1.54, 1.807) is 26.8 Å². The van der Waals surface area contributed by atoms with Crippen LogP contribution < -0.4 is 5.32 Å². The Bertz CT molecular complexity index is 1080. The molecule has 0 bridgehead atoms. The highest BCUT2D eigenvalue weighted by Crippen LogP contribution is 2.45. The first-order chi connectivity index (χ1) is 16.8. The number of benzene rings is 1. The number of likely N-dealkylation sites (tertiary alicyclic amines) is 1. The van der Waals surface area contributed by atoms with Crippen molar-refractivity contribution in [3.63, 3.8) is 0 Å². The Balaban J connectivity index is 1.77. The van der Waals surface area contributed by atoms with Crippen LogP contribution in [0, 0.1) is 16.0 Å². The Morgan fingerprint density at radius 1 is 1.22 bits per heavy atom. The molecule has 1 aliphatic heterocycles. The van der Waals surface area contributed by atoms with Gasteiger partial charge in [0.1, 0.15) is 23.3 Å². The van der Waals surface area contributed by atoms with Gasteiger partial charge >= 0.3 is 18.0 Å². The second kappa shape index (κ2) is 9.96. The van der Waals surface area contributed by atoms with Crippen molar-refractivity contribution in [2.24, 2.45) is 5.92 Å². The van der Waals surface area contributed by atoms with E-state index in [0.717, 1.165) is 4.90 Å². The third-order valence-electron chi connectivity index (χ3n) is 5.98. The molecule has 1 aromatic rings. The number of methoxy groups -OCH3 is 1. The molecular weight excluding hydrogens is 474 g/mol. The van der Waals surface area contributed by atoms with Gasteiger partial charge in [0.15, 0.2) is 0 Å². The Labute approximate surface area is 207 Å². The summed E-state index contributed by atoms with van der Waals surface area (Å²) in [5.74, 6) is -2.32. The fourth-order valence-electron chi connectivity index (χ4n) is 4.08. The molecule has 1 aliphatic carbocycles. The van der Waals surface area contributed by atoms with E-state index in [0.29, 0.717) is 6.42 Å². The highest BCUT2D eigenvalue weighted by atomic mass is 16.6. The van der Waals surface area contributed by atoms with Gasteiger partial charge in [-0.05, 0) is 39.3 Å². The normalized spacial score (nSPS) is 24.9. The maximum absolute atomic E-state index is 13.3. The number of nitro groups is 1. The predicted molar refractivity (Wildman–Crippen MR) is 125 cm³/mol. The van der Waals surface area contributed by atoms with Crippen molar-refractivity contribution >= 4 is 29.6 Å². The zero-order chi connectivity index (χ0) is 26.8. The van der Waals surface area contributed by atoms with Gasteiger partial charge < -0.3 is 19.5 Å². The Kier molecular flexibility index (Phi) is 7.37. The van der Waals surface area contributed by atoms with Gasteiger partial charge in [-0.3, -0.25) is 19.8 Å². The summed E-state index contributed by atoms with van der Waals surface area (Å²) in [6.07, 6.45) is 0.178. The summed E-state index contributed by atoms with van der Waals surface area (Å²) < 4.78 is 15.8. The van der Waals surface area contributed by atoms with Crippen molar-refractivity contribution in [1.82, 2.24) is 10.2 Å². The smallest absolute Gasteiger partial charge is 0.411 e. The average Bonchev–Trinajstić information content (AvgIpc) is 3.36. The molecule has 0 aromatic heterocycles. The van der Waals surface area contributed by atoms with Crippen molar-refractivity contribution in [3.05, 3.63) is 52.6 Å². The van der Waals surface area contributed by atoms with Crippen molar-refractivity contribution in [3.8, 4) is 0 Å². The van der Waals surface area contributed by atoms with Gasteiger partial charge in [0.25, 0.3) is 5.69 Å². The van der Waals surface area contributed by atoms with Crippen LogP contribution in [0.1, 0.15) is 44.0 Å². The number of hydrogen-bond donors (Lipinski definition) is 1. The summed E-state index contributed by atoms with van der Waals surface area (Å²) in [7, 11) is 1.21. The molecule has 0 spiro atoms. The summed E-state index contributed by atoms with van der Waals surface area (Å²) >= 11 is 0. The van der Waals surface area contributed by atoms with E-state index in [1.807, 2.05) is 0 Å². The minimum absolute atomic E-state index is 0.0419. The number of esters is 2. The van der Waals surface area contributed by atoms with E-state index in [-0.39, 0.29) is 30.1 Å². The van der Waals surface area contributed by atoms with Crippen LogP contribution in [0.2, 0.25) is 0 Å².